The Labute approximate surface area is 272 Å². The van der Waals surface area contributed by atoms with Crippen LogP contribution in [0.15, 0.2) is 109 Å². The molecule has 1 aliphatic rings. The van der Waals surface area contributed by atoms with E-state index in [0.717, 1.165) is 33.4 Å². The Morgan fingerprint density at radius 2 is 0.891 bits per heavy atom. The summed E-state index contributed by atoms with van der Waals surface area (Å²) >= 11 is 0. The van der Waals surface area contributed by atoms with Crippen LogP contribution in [0.1, 0.15) is 61.1 Å². The Hall–Kier alpha value is -4.01. The van der Waals surface area contributed by atoms with Crippen LogP contribution in [0.2, 0.25) is 0 Å². The van der Waals surface area contributed by atoms with Crippen molar-refractivity contribution in [3.8, 4) is 0 Å². The zero-order valence-electron chi connectivity index (χ0n) is 27.1. The van der Waals surface area contributed by atoms with Crippen LogP contribution < -0.4 is 0 Å². The number of amides is 2. The van der Waals surface area contributed by atoms with Gasteiger partial charge in [0.05, 0.1) is 23.3 Å². The van der Waals surface area contributed by atoms with Gasteiger partial charge in [-0.25, -0.2) is 4.79 Å². The zero-order chi connectivity index (χ0) is 33.1. The number of rotatable bonds is 10. The third kappa shape index (κ3) is 7.85. The van der Waals surface area contributed by atoms with Gasteiger partial charge in [0.1, 0.15) is 12.2 Å². The van der Waals surface area contributed by atoms with E-state index in [9.17, 15) is 25.2 Å². The second-order valence-corrected chi connectivity index (χ2v) is 13.6. The van der Waals surface area contributed by atoms with E-state index in [4.69, 9.17) is 0 Å². The summed E-state index contributed by atoms with van der Waals surface area (Å²) in [6.45, 7) is 7.22. The fourth-order valence-corrected chi connectivity index (χ4v) is 6.31. The van der Waals surface area contributed by atoms with Gasteiger partial charge in [-0.2, -0.15) is 0 Å². The fraction of sp³-hybridized carbons (Fsp3) is 0.359. The highest BCUT2D eigenvalue weighted by Gasteiger charge is 2.46. The lowest BCUT2D eigenvalue weighted by molar-refractivity contribution is -0.0408. The summed E-state index contributed by atoms with van der Waals surface area (Å²) in [5, 5.41) is 45.4. The molecule has 1 aliphatic heterocycles. The average molecular weight is 623 g/mol. The molecule has 4 aromatic rings. The number of aliphatic hydroxyl groups excluding tert-OH is 2. The quantitative estimate of drug-likeness (QED) is 0.186. The van der Waals surface area contributed by atoms with Crippen LogP contribution in [-0.4, -0.2) is 60.5 Å². The molecule has 242 valence electrons. The zero-order valence-corrected chi connectivity index (χ0v) is 27.1. The van der Waals surface area contributed by atoms with E-state index in [2.05, 4.69) is 0 Å². The van der Waals surface area contributed by atoms with Crippen molar-refractivity contribution in [1.82, 2.24) is 9.80 Å². The van der Waals surface area contributed by atoms with Crippen molar-refractivity contribution >= 4 is 6.03 Å². The van der Waals surface area contributed by atoms with Crippen LogP contribution in [0.4, 0.5) is 4.79 Å². The van der Waals surface area contributed by atoms with Crippen LogP contribution in [-0.2, 0) is 37.1 Å². The van der Waals surface area contributed by atoms with Crippen LogP contribution in [0, 0.1) is 0 Å². The number of benzene rings is 4. The normalized spacial score (nSPS) is 20.9. The number of carbonyl (C=O) groups is 1. The van der Waals surface area contributed by atoms with Gasteiger partial charge in [0, 0.05) is 13.1 Å². The first-order valence-corrected chi connectivity index (χ1v) is 16.0. The summed E-state index contributed by atoms with van der Waals surface area (Å²) in [4.78, 5) is 18.3. The Balaban J connectivity index is 1.61. The maximum atomic E-state index is 14.9. The Kier molecular flexibility index (Phi) is 9.99. The van der Waals surface area contributed by atoms with Gasteiger partial charge in [0.2, 0.25) is 0 Å². The summed E-state index contributed by atoms with van der Waals surface area (Å²) < 4.78 is 0. The number of aliphatic hydroxyl groups is 4. The molecule has 4 aromatic carbocycles. The molecule has 5 rings (SSSR count). The molecule has 0 aliphatic carbocycles. The number of urea groups is 1. The second kappa shape index (κ2) is 13.8. The summed E-state index contributed by atoms with van der Waals surface area (Å²) in [5.74, 6) is 0. The highest BCUT2D eigenvalue weighted by molar-refractivity contribution is 5.76. The van der Waals surface area contributed by atoms with Crippen molar-refractivity contribution in [2.45, 2.75) is 89.1 Å². The van der Waals surface area contributed by atoms with Crippen molar-refractivity contribution in [3.63, 3.8) is 0 Å². The molecule has 1 fully saturated rings. The molecule has 0 unspecified atom stereocenters. The van der Waals surface area contributed by atoms with Crippen LogP contribution in [0.5, 0.6) is 0 Å². The summed E-state index contributed by atoms with van der Waals surface area (Å²) in [6, 6.07) is 32.6. The molecule has 1 heterocycles. The Bertz CT molecular complexity index is 1480. The number of nitrogens with zero attached hydrogens (tertiary/aromatic N) is 2. The number of hydrogen-bond donors (Lipinski definition) is 4. The summed E-state index contributed by atoms with van der Waals surface area (Å²) in [5.41, 5.74) is 2.77. The van der Waals surface area contributed by atoms with E-state index in [1.54, 1.807) is 37.5 Å². The summed E-state index contributed by atoms with van der Waals surface area (Å²) in [7, 11) is 0. The smallest absolute Gasteiger partial charge is 0.321 e. The van der Waals surface area contributed by atoms with E-state index >= 15 is 0 Å². The van der Waals surface area contributed by atoms with E-state index in [1.165, 1.54) is 0 Å². The van der Waals surface area contributed by atoms with Crippen molar-refractivity contribution < 1.29 is 25.2 Å². The molecule has 0 spiro atoms. The fourth-order valence-electron chi connectivity index (χ4n) is 6.31. The van der Waals surface area contributed by atoms with Gasteiger partial charge in [0.15, 0.2) is 0 Å². The first-order valence-electron chi connectivity index (χ1n) is 16.0. The van der Waals surface area contributed by atoms with Gasteiger partial charge in [-0.3, -0.25) is 0 Å². The summed E-state index contributed by atoms with van der Waals surface area (Å²) in [6.07, 6.45) is -1.81. The average Bonchev–Trinajstić information content (AvgIpc) is 3.09. The topological polar surface area (TPSA) is 104 Å². The minimum atomic E-state index is -1.25. The number of hydrogen-bond acceptors (Lipinski definition) is 5. The number of carbonyl (C=O) groups excluding carboxylic acids is 1. The molecule has 4 atom stereocenters. The monoisotopic (exact) mass is 622 g/mol. The Morgan fingerprint density at radius 3 is 1.24 bits per heavy atom. The van der Waals surface area contributed by atoms with E-state index < -0.39 is 35.5 Å². The maximum absolute atomic E-state index is 14.9. The third-order valence-corrected chi connectivity index (χ3v) is 8.98. The standard InChI is InChI=1S/C39H46N2O5/c1-38(2,45)31-19-11-17-29(21-31)25-40-33(23-27-13-7-5-8-14-27)35(42)36(43)34(24-28-15-9-6-10-16-28)41(37(40)44)26-30-18-12-20-32(22-30)39(3,4)46/h5-22,33-36,42-43,45-46H,23-26H2,1-4H3/t33-,34-,35+,36+/m1/s1. The molecule has 0 aromatic heterocycles. The first-order chi connectivity index (χ1) is 21.8. The van der Waals surface area contributed by atoms with Gasteiger partial charge in [-0.05, 0) is 73.9 Å². The van der Waals surface area contributed by atoms with Gasteiger partial charge < -0.3 is 30.2 Å². The van der Waals surface area contributed by atoms with Crippen molar-refractivity contribution in [1.29, 1.82) is 0 Å². The molecule has 4 N–H and O–H groups in total. The molecular weight excluding hydrogens is 576 g/mol. The van der Waals surface area contributed by atoms with Gasteiger partial charge in [0.25, 0.3) is 0 Å². The molecule has 1 saturated heterocycles. The van der Waals surface area contributed by atoms with Gasteiger partial charge in [-0.15, -0.1) is 0 Å². The molecule has 2 amide bonds. The molecule has 7 nitrogen and oxygen atoms in total. The predicted octanol–water partition coefficient (Wildman–Crippen LogP) is 5.52. The van der Waals surface area contributed by atoms with Gasteiger partial charge in [-0.1, -0.05) is 109 Å². The lowest BCUT2D eigenvalue weighted by atomic mass is 9.90. The predicted molar refractivity (Wildman–Crippen MR) is 180 cm³/mol. The Morgan fingerprint density at radius 1 is 0.543 bits per heavy atom. The lowest BCUT2D eigenvalue weighted by Crippen LogP contribution is -2.50. The van der Waals surface area contributed by atoms with Crippen molar-refractivity contribution in [2.75, 3.05) is 0 Å². The molecule has 46 heavy (non-hydrogen) atoms. The first kappa shape index (κ1) is 33.4. The molecule has 0 radical (unpaired) electrons. The largest absolute Gasteiger partial charge is 0.388 e. The molecule has 7 heteroatoms. The molecule has 0 saturated carbocycles. The van der Waals surface area contributed by atoms with Gasteiger partial charge >= 0.3 is 6.03 Å². The highest BCUT2D eigenvalue weighted by atomic mass is 16.3. The minimum absolute atomic E-state index is 0.169. The third-order valence-electron chi connectivity index (χ3n) is 8.98. The lowest BCUT2D eigenvalue weighted by Gasteiger charge is -2.36. The minimum Gasteiger partial charge on any atom is -0.388 e. The van der Waals surface area contributed by atoms with Crippen LogP contribution in [0.25, 0.3) is 0 Å². The molecular formula is C39H46N2O5. The SMILES string of the molecule is CC(C)(O)c1cccc(CN2C(=O)N(Cc3cccc(C(C)(C)O)c3)[C@H](Cc3ccccc3)[C@H](O)[C@@H](O)[C@H]2Cc2ccccc2)c1. The molecule has 0 bridgehead atoms. The maximum Gasteiger partial charge on any atom is 0.321 e. The van der Waals surface area contributed by atoms with E-state index in [1.807, 2.05) is 109 Å². The van der Waals surface area contributed by atoms with E-state index in [-0.39, 0.29) is 19.1 Å². The van der Waals surface area contributed by atoms with Crippen LogP contribution >= 0.6 is 0 Å². The van der Waals surface area contributed by atoms with Crippen molar-refractivity contribution in [2.24, 2.45) is 0 Å². The van der Waals surface area contributed by atoms with Crippen molar-refractivity contribution in [3.05, 3.63) is 143 Å². The second-order valence-electron chi connectivity index (χ2n) is 13.6. The van der Waals surface area contributed by atoms with Crippen LogP contribution in [0.3, 0.4) is 0 Å². The van der Waals surface area contributed by atoms with E-state index in [0.29, 0.717) is 12.8 Å². The highest BCUT2D eigenvalue weighted by Crippen LogP contribution is 2.31.